The van der Waals surface area contributed by atoms with Gasteiger partial charge in [-0.05, 0) is 80.3 Å². The molecule has 0 fully saturated rings. The van der Waals surface area contributed by atoms with Gasteiger partial charge in [0.1, 0.15) is 11.5 Å². The van der Waals surface area contributed by atoms with Crippen molar-refractivity contribution in [1.29, 1.82) is 0 Å². The van der Waals surface area contributed by atoms with Gasteiger partial charge in [0, 0.05) is 23.6 Å². The Hall–Kier alpha value is -3.59. The topological polar surface area (TPSA) is 35.5 Å². The lowest BCUT2D eigenvalue weighted by atomic mass is 9.95. The molecule has 0 atom stereocenters. The van der Waals surface area contributed by atoms with Crippen LogP contribution in [0.2, 0.25) is 0 Å². The van der Waals surface area contributed by atoms with Crippen LogP contribution in [0.15, 0.2) is 90.5 Å². The van der Waals surface area contributed by atoms with Gasteiger partial charge >= 0.3 is 0 Å². The highest BCUT2D eigenvalue weighted by Gasteiger charge is 2.34. The first-order valence-corrected chi connectivity index (χ1v) is 10.9. The van der Waals surface area contributed by atoms with Crippen molar-refractivity contribution in [3.05, 3.63) is 118 Å². The number of hydrogen-bond acceptors (Lipinski definition) is 3. The van der Waals surface area contributed by atoms with Crippen LogP contribution in [0.1, 0.15) is 39.0 Å². The molecule has 0 aromatic heterocycles. The molecule has 0 aliphatic heterocycles. The molecule has 0 unspecified atom stereocenters. The maximum atomic E-state index is 12.9. The van der Waals surface area contributed by atoms with E-state index < -0.39 is 5.79 Å². The van der Waals surface area contributed by atoms with E-state index in [0.29, 0.717) is 17.6 Å². The number of Topliss-reactive ketones (excluding diaryl/α,β-unsaturated/α-hetero) is 1. The quantitative estimate of drug-likeness (QED) is 0.321. The van der Waals surface area contributed by atoms with Crippen molar-refractivity contribution in [2.24, 2.45) is 0 Å². The molecule has 3 aromatic carbocycles. The van der Waals surface area contributed by atoms with Crippen LogP contribution in [0.4, 0.5) is 0 Å². The van der Waals surface area contributed by atoms with E-state index >= 15 is 0 Å². The maximum absolute atomic E-state index is 12.9. The molecule has 0 bridgehead atoms. The minimum absolute atomic E-state index is 0.00666. The van der Waals surface area contributed by atoms with E-state index in [0.717, 1.165) is 22.6 Å². The smallest absolute Gasteiger partial charge is 0.274 e. The number of ketones is 1. The van der Waals surface area contributed by atoms with Crippen LogP contribution < -0.4 is 9.47 Å². The molecule has 32 heavy (non-hydrogen) atoms. The third kappa shape index (κ3) is 4.67. The molecule has 0 spiro atoms. The first kappa shape index (κ1) is 21.6. The van der Waals surface area contributed by atoms with E-state index in [4.69, 9.17) is 9.47 Å². The Labute approximate surface area is 190 Å². The number of allylic oxidation sites excluding steroid dienone is 2. The predicted octanol–water partition coefficient (Wildman–Crippen LogP) is 6.84. The van der Waals surface area contributed by atoms with Crippen LogP contribution in [0.25, 0.3) is 0 Å². The zero-order valence-corrected chi connectivity index (χ0v) is 19.0. The van der Waals surface area contributed by atoms with Crippen molar-refractivity contribution in [3.63, 3.8) is 0 Å². The number of carbonyl (C=O) groups is 1. The first-order chi connectivity index (χ1) is 15.3. The SMILES string of the molecule is Cc1ccc(OC2(Oc3ccc(C)c(C)c3)C=CC(C(=O)c3ccccc3)=CC2)cc1C. The van der Waals surface area contributed by atoms with Gasteiger partial charge in [0.05, 0.1) is 0 Å². The highest BCUT2D eigenvalue weighted by atomic mass is 16.7. The standard InChI is InChI=1S/C29H28O3/c1-20-10-12-26(18-22(20)3)31-29(32-27-13-11-21(2)23(4)19-27)16-14-25(15-17-29)28(30)24-8-6-5-7-9-24/h5-16,18-19H,17H2,1-4H3. The summed E-state index contributed by atoms with van der Waals surface area (Å²) in [5.74, 6) is 0.414. The van der Waals surface area contributed by atoms with Crippen LogP contribution in [0, 0.1) is 27.7 Å². The van der Waals surface area contributed by atoms with E-state index in [1.807, 2.05) is 78.9 Å². The van der Waals surface area contributed by atoms with Gasteiger partial charge in [0.15, 0.2) is 5.78 Å². The van der Waals surface area contributed by atoms with E-state index in [9.17, 15) is 4.79 Å². The Morgan fingerprint density at radius 2 is 1.31 bits per heavy atom. The fourth-order valence-corrected chi connectivity index (χ4v) is 3.66. The monoisotopic (exact) mass is 424 g/mol. The Morgan fingerprint density at radius 1 is 0.750 bits per heavy atom. The molecule has 1 aliphatic rings. The van der Waals surface area contributed by atoms with Gasteiger partial charge < -0.3 is 9.47 Å². The van der Waals surface area contributed by atoms with Crippen LogP contribution in [0.5, 0.6) is 11.5 Å². The summed E-state index contributed by atoms with van der Waals surface area (Å²) >= 11 is 0. The number of benzene rings is 3. The van der Waals surface area contributed by atoms with Crippen molar-refractivity contribution in [3.8, 4) is 11.5 Å². The van der Waals surface area contributed by atoms with E-state index in [2.05, 4.69) is 27.7 Å². The zero-order valence-electron chi connectivity index (χ0n) is 19.0. The minimum Gasteiger partial charge on any atom is -0.448 e. The van der Waals surface area contributed by atoms with Crippen molar-refractivity contribution >= 4 is 5.78 Å². The molecule has 4 rings (SSSR count). The highest BCUT2D eigenvalue weighted by molar-refractivity contribution is 6.10. The summed E-state index contributed by atoms with van der Waals surface area (Å²) in [6, 6.07) is 21.3. The van der Waals surface area contributed by atoms with Gasteiger partial charge in [-0.1, -0.05) is 48.5 Å². The van der Waals surface area contributed by atoms with Gasteiger partial charge in [-0.2, -0.15) is 0 Å². The molecule has 0 heterocycles. The molecule has 0 amide bonds. The first-order valence-electron chi connectivity index (χ1n) is 10.9. The fourth-order valence-electron chi connectivity index (χ4n) is 3.66. The van der Waals surface area contributed by atoms with Crippen LogP contribution in [0.3, 0.4) is 0 Å². The predicted molar refractivity (Wildman–Crippen MR) is 128 cm³/mol. The molecule has 3 aromatic rings. The fraction of sp³-hybridized carbons (Fsp3) is 0.207. The minimum atomic E-state index is -1.04. The van der Waals surface area contributed by atoms with Gasteiger partial charge in [-0.15, -0.1) is 0 Å². The molecule has 0 radical (unpaired) electrons. The summed E-state index contributed by atoms with van der Waals surface area (Å²) in [6.45, 7) is 8.27. The van der Waals surface area contributed by atoms with Gasteiger partial charge in [0.25, 0.3) is 5.79 Å². The zero-order chi connectivity index (χ0) is 22.7. The van der Waals surface area contributed by atoms with Crippen molar-refractivity contribution < 1.29 is 14.3 Å². The largest absolute Gasteiger partial charge is 0.448 e. The van der Waals surface area contributed by atoms with Crippen molar-refractivity contribution in [2.45, 2.75) is 39.9 Å². The average Bonchev–Trinajstić information content (AvgIpc) is 2.79. The summed E-state index contributed by atoms with van der Waals surface area (Å²) in [5.41, 5.74) is 6.02. The number of aryl methyl sites for hydroxylation is 4. The van der Waals surface area contributed by atoms with Gasteiger partial charge in [-0.25, -0.2) is 0 Å². The van der Waals surface area contributed by atoms with E-state index in [-0.39, 0.29) is 5.78 Å². The van der Waals surface area contributed by atoms with Crippen molar-refractivity contribution in [1.82, 2.24) is 0 Å². The molecule has 1 aliphatic carbocycles. The molecule has 0 saturated heterocycles. The van der Waals surface area contributed by atoms with Gasteiger partial charge in [-0.3, -0.25) is 4.79 Å². The summed E-state index contributed by atoms with van der Waals surface area (Å²) in [4.78, 5) is 12.9. The number of ether oxygens (including phenoxy) is 2. The lowest BCUT2D eigenvalue weighted by molar-refractivity contribution is -0.0690. The number of hydrogen-bond donors (Lipinski definition) is 0. The Balaban J connectivity index is 1.64. The molecular weight excluding hydrogens is 396 g/mol. The van der Waals surface area contributed by atoms with Crippen LogP contribution in [-0.4, -0.2) is 11.6 Å². The second-order valence-electron chi connectivity index (χ2n) is 8.40. The maximum Gasteiger partial charge on any atom is 0.274 e. The highest BCUT2D eigenvalue weighted by Crippen LogP contribution is 2.33. The third-order valence-electron chi connectivity index (χ3n) is 5.96. The summed E-state index contributed by atoms with van der Waals surface area (Å²) < 4.78 is 12.8. The second kappa shape index (κ2) is 8.88. The normalized spacial score (nSPS) is 14.6. The Kier molecular flexibility index (Phi) is 6.00. The lowest BCUT2D eigenvalue weighted by Gasteiger charge is -2.33. The molecule has 3 nitrogen and oxygen atoms in total. The second-order valence-corrected chi connectivity index (χ2v) is 8.40. The summed E-state index contributed by atoms with van der Waals surface area (Å²) in [7, 11) is 0. The number of carbonyl (C=O) groups excluding carboxylic acids is 1. The number of rotatable bonds is 6. The lowest BCUT2D eigenvalue weighted by Crippen LogP contribution is -2.41. The summed E-state index contributed by atoms with van der Waals surface area (Å²) in [5, 5.41) is 0. The molecule has 3 heteroatoms. The van der Waals surface area contributed by atoms with Crippen LogP contribution >= 0.6 is 0 Å². The van der Waals surface area contributed by atoms with E-state index in [1.54, 1.807) is 6.08 Å². The molecule has 0 N–H and O–H groups in total. The summed E-state index contributed by atoms with van der Waals surface area (Å²) in [6.07, 6.45) is 5.98. The van der Waals surface area contributed by atoms with Crippen LogP contribution in [-0.2, 0) is 0 Å². The Morgan fingerprint density at radius 3 is 1.78 bits per heavy atom. The molecular formula is C29H28O3. The molecule has 162 valence electrons. The van der Waals surface area contributed by atoms with E-state index in [1.165, 1.54) is 11.1 Å². The molecule has 0 saturated carbocycles. The van der Waals surface area contributed by atoms with Crippen molar-refractivity contribution in [2.75, 3.05) is 0 Å². The Bertz CT molecular complexity index is 1150. The third-order valence-corrected chi connectivity index (χ3v) is 5.96. The van der Waals surface area contributed by atoms with Gasteiger partial charge in [0.2, 0.25) is 0 Å². The average molecular weight is 425 g/mol.